The fourth-order valence-electron chi connectivity index (χ4n) is 1.63. The predicted molar refractivity (Wildman–Crippen MR) is 62.7 cm³/mol. The Balaban J connectivity index is 2.38. The lowest BCUT2D eigenvalue weighted by Crippen LogP contribution is -2.08. The van der Waals surface area contributed by atoms with E-state index in [1.165, 1.54) is 36.8 Å². The molecule has 0 saturated heterocycles. The minimum Gasteiger partial charge on any atom is -0.320 e. The third kappa shape index (κ3) is 3.93. The molecule has 0 aliphatic heterocycles. The van der Waals surface area contributed by atoms with Crippen LogP contribution < -0.4 is 5.32 Å². The maximum Gasteiger partial charge on any atom is -0.00488 e. The van der Waals surface area contributed by atoms with Crippen LogP contribution in [0.5, 0.6) is 0 Å². The van der Waals surface area contributed by atoms with Crippen LogP contribution in [-0.2, 0) is 12.8 Å². The molecule has 0 amide bonds. The molecule has 0 radical (unpaired) electrons. The highest BCUT2D eigenvalue weighted by atomic mass is 14.8. The summed E-state index contributed by atoms with van der Waals surface area (Å²) in [7, 11) is 2.00. The van der Waals surface area contributed by atoms with Crippen LogP contribution in [0, 0.1) is 0 Å². The molecule has 1 aromatic rings. The molecule has 0 heterocycles. The number of benzene rings is 1. The summed E-state index contributed by atoms with van der Waals surface area (Å²) in [6, 6.07) is 9.05. The number of hydrogen-bond donors (Lipinski definition) is 1. The molecule has 1 aromatic carbocycles. The first-order chi connectivity index (χ1) is 6.86. The smallest absolute Gasteiger partial charge is 0.00488 e. The Morgan fingerprint density at radius 1 is 1.00 bits per heavy atom. The molecule has 0 spiro atoms. The van der Waals surface area contributed by atoms with E-state index in [-0.39, 0.29) is 0 Å². The summed E-state index contributed by atoms with van der Waals surface area (Å²) in [6.07, 6.45) is 4.85. The quantitative estimate of drug-likeness (QED) is 0.682. The molecule has 0 atom stereocenters. The summed E-state index contributed by atoms with van der Waals surface area (Å²) in [5.74, 6) is 0. The zero-order chi connectivity index (χ0) is 10.2. The number of nitrogens with one attached hydrogen (secondary N) is 1. The summed E-state index contributed by atoms with van der Waals surface area (Å²) in [6.45, 7) is 3.33. The van der Waals surface area contributed by atoms with E-state index in [9.17, 15) is 0 Å². The first-order valence-electron chi connectivity index (χ1n) is 5.59. The third-order valence-corrected chi connectivity index (χ3v) is 2.45. The van der Waals surface area contributed by atoms with E-state index in [4.69, 9.17) is 0 Å². The second-order valence-corrected chi connectivity index (χ2v) is 3.77. The van der Waals surface area contributed by atoms with Crippen molar-refractivity contribution in [3.63, 3.8) is 0 Å². The van der Waals surface area contributed by atoms with E-state index >= 15 is 0 Å². The van der Waals surface area contributed by atoms with Crippen molar-refractivity contribution < 1.29 is 0 Å². The van der Waals surface area contributed by atoms with Gasteiger partial charge in [0.15, 0.2) is 0 Å². The van der Waals surface area contributed by atoms with E-state index in [2.05, 4.69) is 36.5 Å². The van der Waals surface area contributed by atoms with Crippen LogP contribution in [0.3, 0.4) is 0 Å². The fraction of sp³-hybridized carbons (Fsp3) is 0.538. The molecule has 1 N–H and O–H groups in total. The van der Waals surface area contributed by atoms with Gasteiger partial charge < -0.3 is 5.32 Å². The van der Waals surface area contributed by atoms with E-state index in [0.29, 0.717) is 0 Å². The van der Waals surface area contributed by atoms with Crippen molar-refractivity contribution in [1.29, 1.82) is 0 Å². The summed E-state index contributed by atoms with van der Waals surface area (Å²) in [5.41, 5.74) is 2.92. The van der Waals surface area contributed by atoms with Gasteiger partial charge in [-0.1, -0.05) is 37.6 Å². The SMILES string of the molecule is CCCc1ccc(CCCNC)cc1. The standard InChI is InChI=1S/C13H21N/c1-3-5-12-7-9-13(10-8-12)6-4-11-14-2/h7-10,14H,3-6,11H2,1-2H3. The number of aryl methyl sites for hydroxylation is 2. The Morgan fingerprint density at radius 2 is 1.57 bits per heavy atom. The molecule has 0 saturated carbocycles. The van der Waals surface area contributed by atoms with E-state index in [0.717, 1.165) is 6.54 Å². The summed E-state index contributed by atoms with van der Waals surface area (Å²) in [5, 5.41) is 3.17. The van der Waals surface area contributed by atoms with E-state index in [1.807, 2.05) is 7.05 Å². The fourth-order valence-corrected chi connectivity index (χ4v) is 1.63. The molecule has 0 aliphatic rings. The molecule has 0 fully saturated rings. The predicted octanol–water partition coefficient (Wildman–Crippen LogP) is 2.79. The molecule has 1 nitrogen and oxygen atoms in total. The van der Waals surface area contributed by atoms with Crippen LogP contribution in [0.1, 0.15) is 30.9 Å². The van der Waals surface area contributed by atoms with E-state index < -0.39 is 0 Å². The highest BCUT2D eigenvalue weighted by Crippen LogP contribution is 2.08. The maximum absolute atomic E-state index is 3.17. The first kappa shape index (κ1) is 11.3. The Morgan fingerprint density at radius 3 is 2.07 bits per heavy atom. The average Bonchev–Trinajstić information content (AvgIpc) is 2.21. The molecular formula is C13H21N. The van der Waals surface area contributed by atoms with E-state index in [1.54, 1.807) is 0 Å². The van der Waals surface area contributed by atoms with Crippen LogP contribution in [0.15, 0.2) is 24.3 Å². The molecule has 0 unspecified atom stereocenters. The Kier molecular flexibility index (Phi) is 5.31. The summed E-state index contributed by atoms with van der Waals surface area (Å²) < 4.78 is 0. The van der Waals surface area contributed by atoms with Crippen LogP contribution in [0.2, 0.25) is 0 Å². The van der Waals surface area contributed by atoms with Gasteiger partial charge in [-0.05, 0) is 44.0 Å². The van der Waals surface area contributed by atoms with Gasteiger partial charge in [0.2, 0.25) is 0 Å². The number of hydrogen-bond acceptors (Lipinski definition) is 1. The summed E-state index contributed by atoms with van der Waals surface area (Å²) in [4.78, 5) is 0. The normalized spacial score (nSPS) is 10.4. The van der Waals surface area contributed by atoms with Gasteiger partial charge in [-0.3, -0.25) is 0 Å². The zero-order valence-electron chi connectivity index (χ0n) is 9.34. The molecule has 0 aliphatic carbocycles. The van der Waals surface area contributed by atoms with Crippen LogP contribution >= 0.6 is 0 Å². The second-order valence-electron chi connectivity index (χ2n) is 3.77. The van der Waals surface area contributed by atoms with Gasteiger partial charge in [0.25, 0.3) is 0 Å². The lowest BCUT2D eigenvalue weighted by atomic mass is 10.0. The van der Waals surface area contributed by atoms with Crippen molar-refractivity contribution in [3.8, 4) is 0 Å². The molecule has 1 rings (SSSR count). The average molecular weight is 191 g/mol. The summed E-state index contributed by atoms with van der Waals surface area (Å²) >= 11 is 0. The lowest BCUT2D eigenvalue weighted by Gasteiger charge is -2.03. The molecular weight excluding hydrogens is 170 g/mol. The van der Waals surface area contributed by atoms with Gasteiger partial charge >= 0.3 is 0 Å². The molecule has 1 heteroatoms. The Bertz CT molecular complexity index is 238. The van der Waals surface area contributed by atoms with Crippen molar-refractivity contribution in [3.05, 3.63) is 35.4 Å². The molecule has 78 valence electrons. The maximum atomic E-state index is 3.17. The largest absolute Gasteiger partial charge is 0.320 e. The van der Waals surface area contributed by atoms with Crippen LogP contribution in [-0.4, -0.2) is 13.6 Å². The van der Waals surface area contributed by atoms with Crippen molar-refractivity contribution in [2.24, 2.45) is 0 Å². The van der Waals surface area contributed by atoms with Gasteiger partial charge in [-0.25, -0.2) is 0 Å². The minimum absolute atomic E-state index is 1.11. The molecule has 0 aromatic heterocycles. The van der Waals surface area contributed by atoms with Gasteiger partial charge in [-0.15, -0.1) is 0 Å². The second kappa shape index (κ2) is 6.61. The number of rotatable bonds is 6. The highest BCUT2D eigenvalue weighted by molar-refractivity contribution is 5.22. The topological polar surface area (TPSA) is 12.0 Å². The lowest BCUT2D eigenvalue weighted by molar-refractivity contribution is 0.724. The Hall–Kier alpha value is -0.820. The van der Waals surface area contributed by atoms with Gasteiger partial charge in [-0.2, -0.15) is 0 Å². The van der Waals surface area contributed by atoms with Crippen LogP contribution in [0.25, 0.3) is 0 Å². The Labute approximate surface area is 87.5 Å². The van der Waals surface area contributed by atoms with Crippen molar-refractivity contribution in [2.75, 3.05) is 13.6 Å². The van der Waals surface area contributed by atoms with Crippen molar-refractivity contribution in [2.45, 2.75) is 32.6 Å². The van der Waals surface area contributed by atoms with Crippen molar-refractivity contribution >= 4 is 0 Å². The minimum atomic E-state index is 1.11. The zero-order valence-corrected chi connectivity index (χ0v) is 9.34. The first-order valence-corrected chi connectivity index (χ1v) is 5.59. The van der Waals surface area contributed by atoms with Gasteiger partial charge in [0.1, 0.15) is 0 Å². The van der Waals surface area contributed by atoms with Gasteiger partial charge in [0.05, 0.1) is 0 Å². The third-order valence-electron chi connectivity index (χ3n) is 2.45. The monoisotopic (exact) mass is 191 g/mol. The van der Waals surface area contributed by atoms with Crippen molar-refractivity contribution in [1.82, 2.24) is 5.32 Å². The highest BCUT2D eigenvalue weighted by Gasteiger charge is 1.94. The van der Waals surface area contributed by atoms with Crippen LogP contribution in [0.4, 0.5) is 0 Å². The molecule has 0 bridgehead atoms. The molecule has 14 heavy (non-hydrogen) atoms. The van der Waals surface area contributed by atoms with Gasteiger partial charge in [0, 0.05) is 0 Å².